The molecule has 0 bridgehead atoms. The number of aliphatic hydroxyl groups is 1. The van der Waals surface area contributed by atoms with Crippen LogP contribution in [0.4, 0.5) is 4.39 Å². The standard InChI is InChI=1S/C20H20FNO3S/c1-11(2)17(23)15-16(19-12(3)8-9-26-19)22(20(25)18(15)24)10-13-4-6-14(21)7-5-13/h4-9,11,16,24H,10H2,1-3H3. The summed E-state index contributed by atoms with van der Waals surface area (Å²) in [5.41, 5.74) is 1.84. The van der Waals surface area contributed by atoms with Gasteiger partial charge in [-0.3, -0.25) is 9.59 Å². The molecule has 0 spiro atoms. The number of halogens is 1. The number of hydrogen-bond donors (Lipinski definition) is 1. The van der Waals surface area contributed by atoms with E-state index in [9.17, 15) is 19.1 Å². The number of carbonyl (C=O) groups is 2. The van der Waals surface area contributed by atoms with Crippen LogP contribution in [-0.2, 0) is 16.1 Å². The Morgan fingerprint density at radius 1 is 1.27 bits per heavy atom. The number of hydrogen-bond acceptors (Lipinski definition) is 4. The summed E-state index contributed by atoms with van der Waals surface area (Å²) in [4.78, 5) is 27.8. The molecular weight excluding hydrogens is 353 g/mol. The number of aryl methyl sites for hydroxylation is 1. The Morgan fingerprint density at radius 3 is 2.46 bits per heavy atom. The van der Waals surface area contributed by atoms with Crippen molar-refractivity contribution in [2.45, 2.75) is 33.4 Å². The molecule has 0 aliphatic carbocycles. The highest BCUT2D eigenvalue weighted by Gasteiger charge is 2.44. The van der Waals surface area contributed by atoms with Gasteiger partial charge in [0.2, 0.25) is 0 Å². The maximum absolute atomic E-state index is 13.2. The van der Waals surface area contributed by atoms with Crippen LogP contribution in [0.3, 0.4) is 0 Å². The van der Waals surface area contributed by atoms with Crippen molar-refractivity contribution in [1.82, 2.24) is 4.90 Å². The third-order valence-corrected chi connectivity index (χ3v) is 5.58. The van der Waals surface area contributed by atoms with Crippen molar-refractivity contribution in [3.63, 3.8) is 0 Å². The minimum Gasteiger partial charge on any atom is -0.503 e. The van der Waals surface area contributed by atoms with Gasteiger partial charge in [0.25, 0.3) is 5.91 Å². The lowest BCUT2D eigenvalue weighted by Crippen LogP contribution is -2.31. The topological polar surface area (TPSA) is 57.6 Å². The fourth-order valence-corrected chi connectivity index (χ4v) is 4.15. The second-order valence-electron chi connectivity index (χ2n) is 6.71. The SMILES string of the molecule is Cc1ccsc1C1C(C(=O)C(C)C)=C(O)C(=O)N1Cc1ccc(F)cc1. The summed E-state index contributed by atoms with van der Waals surface area (Å²) < 4.78 is 13.2. The normalized spacial score (nSPS) is 17.5. The van der Waals surface area contributed by atoms with Gasteiger partial charge in [-0.25, -0.2) is 4.39 Å². The van der Waals surface area contributed by atoms with Crippen LogP contribution < -0.4 is 0 Å². The van der Waals surface area contributed by atoms with Crippen LogP contribution in [-0.4, -0.2) is 21.7 Å². The molecule has 4 nitrogen and oxygen atoms in total. The van der Waals surface area contributed by atoms with Crippen LogP contribution in [0.5, 0.6) is 0 Å². The smallest absolute Gasteiger partial charge is 0.290 e. The Morgan fingerprint density at radius 2 is 1.92 bits per heavy atom. The van der Waals surface area contributed by atoms with E-state index in [-0.39, 0.29) is 29.6 Å². The average molecular weight is 373 g/mol. The van der Waals surface area contributed by atoms with Crippen LogP contribution in [0.25, 0.3) is 0 Å². The minimum absolute atomic E-state index is 0.151. The predicted octanol–water partition coefficient (Wildman–Crippen LogP) is 4.32. The van der Waals surface area contributed by atoms with Crippen LogP contribution in [0, 0.1) is 18.7 Å². The molecule has 1 aliphatic heterocycles. The van der Waals surface area contributed by atoms with E-state index in [0.29, 0.717) is 0 Å². The van der Waals surface area contributed by atoms with Crippen LogP contribution in [0.2, 0.25) is 0 Å². The molecule has 1 aliphatic rings. The Kier molecular flexibility index (Phi) is 4.96. The van der Waals surface area contributed by atoms with Gasteiger partial charge in [0.1, 0.15) is 5.82 Å². The molecular formula is C20H20FNO3S. The van der Waals surface area contributed by atoms with Gasteiger partial charge >= 0.3 is 0 Å². The van der Waals surface area contributed by atoms with Crippen molar-refractivity contribution in [1.29, 1.82) is 0 Å². The molecule has 1 aromatic heterocycles. The molecule has 0 fully saturated rings. The number of benzene rings is 1. The maximum Gasteiger partial charge on any atom is 0.290 e. The first-order valence-corrected chi connectivity index (χ1v) is 9.26. The molecule has 1 amide bonds. The molecule has 0 radical (unpaired) electrons. The minimum atomic E-state index is -0.623. The molecule has 1 atom stereocenters. The van der Waals surface area contributed by atoms with Gasteiger partial charge < -0.3 is 10.0 Å². The summed E-state index contributed by atoms with van der Waals surface area (Å²) in [5.74, 6) is -1.99. The van der Waals surface area contributed by atoms with Gasteiger partial charge in [-0.15, -0.1) is 11.3 Å². The third kappa shape index (κ3) is 3.17. The molecule has 1 N–H and O–H groups in total. The van der Waals surface area contributed by atoms with Crippen LogP contribution in [0.1, 0.15) is 35.9 Å². The first-order chi connectivity index (χ1) is 12.3. The molecule has 2 aromatic rings. The second-order valence-corrected chi connectivity index (χ2v) is 7.66. The lowest BCUT2D eigenvalue weighted by Gasteiger charge is -2.27. The van der Waals surface area contributed by atoms with E-state index in [1.165, 1.54) is 28.4 Å². The Balaban J connectivity index is 2.06. The molecule has 1 aromatic carbocycles. The number of ketones is 1. The maximum atomic E-state index is 13.2. The summed E-state index contributed by atoms with van der Waals surface area (Å²) in [6.07, 6.45) is 0. The number of nitrogens with zero attached hydrogens (tertiary/aromatic N) is 1. The highest BCUT2D eigenvalue weighted by molar-refractivity contribution is 7.10. The summed E-state index contributed by atoms with van der Waals surface area (Å²) in [6, 6.07) is 7.15. The third-order valence-electron chi connectivity index (χ3n) is 4.51. The molecule has 2 heterocycles. The fourth-order valence-electron chi connectivity index (χ4n) is 3.10. The van der Waals surface area contributed by atoms with Gasteiger partial charge in [0, 0.05) is 17.3 Å². The lowest BCUT2D eigenvalue weighted by atomic mass is 9.93. The largest absolute Gasteiger partial charge is 0.503 e. The summed E-state index contributed by atoms with van der Waals surface area (Å²) >= 11 is 1.45. The Hall–Kier alpha value is -2.47. The van der Waals surface area contributed by atoms with E-state index in [1.54, 1.807) is 26.0 Å². The van der Waals surface area contributed by atoms with Crippen molar-refractivity contribution < 1.29 is 19.1 Å². The predicted molar refractivity (Wildman–Crippen MR) is 98.2 cm³/mol. The number of rotatable bonds is 5. The van der Waals surface area contributed by atoms with Crippen molar-refractivity contribution >= 4 is 23.0 Å². The number of Topliss-reactive ketones (excluding diaryl/α,β-unsaturated/α-hetero) is 1. The Labute approximate surface area is 155 Å². The number of aliphatic hydroxyl groups excluding tert-OH is 1. The van der Waals surface area contributed by atoms with E-state index in [2.05, 4.69) is 0 Å². The monoisotopic (exact) mass is 373 g/mol. The highest BCUT2D eigenvalue weighted by Crippen LogP contribution is 2.42. The van der Waals surface area contributed by atoms with Gasteiger partial charge in [-0.2, -0.15) is 0 Å². The zero-order valence-corrected chi connectivity index (χ0v) is 15.6. The zero-order chi connectivity index (χ0) is 19.0. The van der Waals surface area contributed by atoms with Crippen molar-refractivity contribution in [2.75, 3.05) is 0 Å². The molecule has 3 rings (SSSR count). The van der Waals surface area contributed by atoms with E-state index >= 15 is 0 Å². The van der Waals surface area contributed by atoms with E-state index in [1.807, 2.05) is 18.4 Å². The van der Waals surface area contributed by atoms with Gasteiger partial charge in [-0.05, 0) is 41.6 Å². The van der Waals surface area contributed by atoms with Crippen LogP contribution >= 0.6 is 11.3 Å². The first-order valence-electron chi connectivity index (χ1n) is 8.38. The first kappa shape index (κ1) is 18.3. The van der Waals surface area contributed by atoms with E-state index in [4.69, 9.17) is 0 Å². The molecule has 0 saturated carbocycles. The molecule has 0 saturated heterocycles. The molecule has 26 heavy (non-hydrogen) atoms. The van der Waals surface area contributed by atoms with Gasteiger partial charge in [-0.1, -0.05) is 26.0 Å². The quantitative estimate of drug-likeness (QED) is 0.849. The molecule has 1 unspecified atom stereocenters. The van der Waals surface area contributed by atoms with Crippen molar-refractivity contribution in [3.8, 4) is 0 Å². The summed E-state index contributed by atoms with van der Waals surface area (Å²) in [6.45, 7) is 5.58. The van der Waals surface area contributed by atoms with Crippen LogP contribution in [0.15, 0.2) is 47.0 Å². The Bertz CT molecular complexity index is 883. The van der Waals surface area contributed by atoms with Gasteiger partial charge in [0.15, 0.2) is 11.5 Å². The highest BCUT2D eigenvalue weighted by atomic mass is 32.1. The fraction of sp³-hybridized carbons (Fsp3) is 0.300. The second kappa shape index (κ2) is 7.03. The number of carbonyl (C=O) groups excluding carboxylic acids is 2. The molecule has 6 heteroatoms. The summed E-state index contributed by atoms with van der Waals surface area (Å²) in [7, 11) is 0. The van der Waals surface area contributed by atoms with Crippen molar-refractivity contribution in [3.05, 3.63) is 68.9 Å². The average Bonchev–Trinajstić information content (AvgIpc) is 3.12. The van der Waals surface area contributed by atoms with E-state index < -0.39 is 17.7 Å². The number of amides is 1. The molecule has 136 valence electrons. The zero-order valence-electron chi connectivity index (χ0n) is 14.8. The van der Waals surface area contributed by atoms with Gasteiger partial charge in [0.05, 0.1) is 11.6 Å². The summed E-state index contributed by atoms with van der Waals surface area (Å²) in [5, 5.41) is 12.3. The van der Waals surface area contributed by atoms with E-state index in [0.717, 1.165) is 16.0 Å². The lowest BCUT2D eigenvalue weighted by molar-refractivity contribution is -0.130. The van der Waals surface area contributed by atoms with Crippen molar-refractivity contribution in [2.24, 2.45) is 5.92 Å². The number of thiophene rings is 1.